The molecule has 0 aliphatic rings. The number of hydrogen-bond acceptors (Lipinski definition) is 4. The molecule has 0 aliphatic heterocycles. The third kappa shape index (κ3) is 5.43. The fraction of sp³-hybridized carbons (Fsp3) is 0.467. The Labute approximate surface area is 124 Å². The van der Waals surface area contributed by atoms with Crippen LogP contribution in [0.25, 0.3) is 0 Å². The van der Waals surface area contributed by atoms with Crippen LogP contribution in [0, 0.1) is 11.8 Å². The van der Waals surface area contributed by atoms with E-state index in [-0.39, 0.29) is 24.1 Å². The van der Waals surface area contributed by atoms with E-state index in [0.717, 1.165) is 5.56 Å². The average Bonchev–Trinajstić information content (AvgIpc) is 2.40. The van der Waals surface area contributed by atoms with E-state index in [1.807, 2.05) is 0 Å². The molecule has 0 saturated heterocycles. The molecule has 21 heavy (non-hydrogen) atoms. The molecule has 2 atom stereocenters. The van der Waals surface area contributed by atoms with Gasteiger partial charge < -0.3 is 21.3 Å². The van der Waals surface area contributed by atoms with Crippen LogP contribution in [0.2, 0.25) is 0 Å². The number of nitrogens with one attached hydrogen (secondary N) is 1. The molecule has 0 aliphatic carbocycles. The van der Waals surface area contributed by atoms with Crippen molar-refractivity contribution in [2.75, 3.05) is 6.54 Å². The number of carbonyl (C=O) groups is 2. The summed E-state index contributed by atoms with van der Waals surface area (Å²) in [6, 6.07) is 5.68. The van der Waals surface area contributed by atoms with Crippen molar-refractivity contribution in [3.63, 3.8) is 0 Å². The minimum atomic E-state index is -0.933. The number of carbonyl (C=O) groups excluding carboxylic acids is 1. The number of carboxylic acid groups (broad SMARTS) is 1. The van der Waals surface area contributed by atoms with E-state index in [9.17, 15) is 14.7 Å². The lowest BCUT2D eigenvalue weighted by Gasteiger charge is -2.18. The molecule has 0 aromatic heterocycles. The third-order valence-corrected chi connectivity index (χ3v) is 3.35. The first-order valence-electron chi connectivity index (χ1n) is 6.85. The number of aliphatic carboxylic acids is 1. The smallest absolute Gasteiger partial charge is 0.308 e. The van der Waals surface area contributed by atoms with Gasteiger partial charge in [-0.1, -0.05) is 26.0 Å². The maximum absolute atomic E-state index is 11.9. The fourth-order valence-corrected chi connectivity index (χ4v) is 1.93. The number of phenolic OH excluding ortho intramolecular Hbond substituents is 1. The SMILES string of the molecule is CC(C)C(CNC(=O)[C@H](N)Cc1ccc(O)cc1)C(=O)O. The molecule has 5 N–H and O–H groups in total. The number of carboxylic acids is 1. The first kappa shape index (κ1) is 17.0. The molecule has 1 aromatic carbocycles. The monoisotopic (exact) mass is 294 g/mol. The fourth-order valence-electron chi connectivity index (χ4n) is 1.93. The highest BCUT2D eigenvalue weighted by molar-refractivity contribution is 5.82. The van der Waals surface area contributed by atoms with Crippen molar-refractivity contribution in [2.24, 2.45) is 17.6 Å². The zero-order chi connectivity index (χ0) is 16.0. The highest BCUT2D eigenvalue weighted by Crippen LogP contribution is 2.12. The quantitative estimate of drug-likeness (QED) is 0.592. The van der Waals surface area contributed by atoms with Gasteiger partial charge in [0.15, 0.2) is 0 Å². The second kappa shape index (κ2) is 7.64. The second-order valence-corrected chi connectivity index (χ2v) is 5.41. The second-order valence-electron chi connectivity index (χ2n) is 5.41. The van der Waals surface area contributed by atoms with Gasteiger partial charge >= 0.3 is 5.97 Å². The van der Waals surface area contributed by atoms with Gasteiger partial charge in [-0.3, -0.25) is 9.59 Å². The first-order chi connectivity index (χ1) is 9.81. The predicted octanol–water partition coefficient (Wildman–Crippen LogP) is 0.735. The van der Waals surface area contributed by atoms with Gasteiger partial charge in [0.2, 0.25) is 5.91 Å². The normalized spacial score (nSPS) is 13.7. The molecule has 1 amide bonds. The van der Waals surface area contributed by atoms with Crippen molar-refractivity contribution < 1.29 is 19.8 Å². The van der Waals surface area contributed by atoms with Crippen LogP contribution in [0.1, 0.15) is 19.4 Å². The maximum atomic E-state index is 11.9. The van der Waals surface area contributed by atoms with Gasteiger partial charge in [0.1, 0.15) is 5.75 Å². The van der Waals surface area contributed by atoms with Crippen LogP contribution >= 0.6 is 0 Å². The third-order valence-electron chi connectivity index (χ3n) is 3.35. The summed E-state index contributed by atoms with van der Waals surface area (Å²) < 4.78 is 0. The average molecular weight is 294 g/mol. The first-order valence-corrected chi connectivity index (χ1v) is 6.85. The molecule has 6 heteroatoms. The van der Waals surface area contributed by atoms with Crippen molar-refractivity contribution in [2.45, 2.75) is 26.3 Å². The van der Waals surface area contributed by atoms with Crippen LogP contribution < -0.4 is 11.1 Å². The lowest BCUT2D eigenvalue weighted by molar-refractivity contribution is -0.143. The molecule has 116 valence electrons. The summed E-state index contributed by atoms with van der Waals surface area (Å²) in [5, 5.41) is 20.8. The number of amides is 1. The topological polar surface area (TPSA) is 113 Å². The molecular weight excluding hydrogens is 272 g/mol. The summed E-state index contributed by atoms with van der Waals surface area (Å²) in [5.74, 6) is -1.86. The molecule has 0 bridgehead atoms. The highest BCUT2D eigenvalue weighted by Gasteiger charge is 2.23. The van der Waals surface area contributed by atoms with E-state index >= 15 is 0 Å². The van der Waals surface area contributed by atoms with Crippen LogP contribution in [0.15, 0.2) is 24.3 Å². The summed E-state index contributed by atoms with van der Waals surface area (Å²) >= 11 is 0. The number of aromatic hydroxyl groups is 1. The van der Waals surface area contributed by atoms with Crippen LogP contribution in [-0.4, -0.2) is 34.7 Å². The Morgan fingerprint density at radius 2 is 1.81 bits per heavy atom. The Balaban J connectivity index is 2.51. The molecule has 6 nitrogen and oxygen atoms in total. The van der Waals surface area contributed by atoms with Crippen molar-refractivity contribution in [3.05, 3.63) is 29.8 Å². The Hall–Kier alpha value is -2.08. The summed E-state index contributed by atoms with van der Waals surface area (Å²) in [7, 11) is 0. The van der Waals surface area contributed by atoms with Gasteiger partial charge in [-0.25, -0.2) is 0 Å². The number of hydrogen-bond donors (Lipinski definition) is 4. The Bertz CT molecular complexity index is 485. The largest absolute Gasteiger partial charge is 0.508 e. The molecular formula is C15H22N2O4. The van der Waals surface area contributed by atoms with Crippen molar-refractivity contribution in [3.8, 4) is 5.75 Å². The Morgan fingerprint density at radius 3 is 2.29 bits per heavy atom. The lowest BCUT2D eigenvalue weighted by Crippen LogP contribution is -2.45. The number of phenols is 1. The Kier molecular flexibility index (Phi) is 6.17. The summed E-state index contributed by atoms with van der Waals surface area (Å²) in [4.78, 5) is 22.9. The van der Waals surface area contributed by atoms with Gasteiger partial charge in [-0.2, -0.15) is 0 Å². The van der Waals surface area contributed by atoms with E-state index < -0.39 is 17.9 Å². The molecule has 0 fully saturated rings. The van der Waals surface area contributed by atoms with E-state index in [0.29, 0.717) is 6.42 Å². The van der Waals surface area contributed by atoms with Gasteiger partial charge in [-0.15, -0.1) is 0 Å². The van der Waals surface area contributed by atoms with Crippen LogP contribution in [0.4, 0.5) is 0 Å². The van der Waals surface area contributed by atoms with E-state index in [1.54, 1.807) is 26.0 Å². The van der Waals surface area contributed by atoms with Gasteiger partial charge in [0, 0.05) is 6.54 Å². The minimum Gasteiger partial charge on any atom is -0.508 e. The van der Waals surface area contributed by atoms with E-state index in [4.69, 9.17) is 10.8 Å². The zero-order valence-electron chi connectivity index (χ0n) is 12.2. The summed E-state index contributed by atoms with van der Waals surface area (Å²) in [6.45, 7) is 3.65. The van der Waals surface area contributed by atoms with Crippen molar-refractivity contribution in [1.82, 2.24) is 5.32 Å². The number of nitrogens with two attached hydrogens (primary N) is 1. The number of rotatable bonds is 7. The molecule has 1 rings (SSSR count). The molecule has 0 heterocycles. The highest BCUT2D eigenvalue weighted by atomic mass is 16.4. The molecule has 0 spiro atoms. The van der Waals surface area contributed by atoms with E-state index in [2.05, 4.69) is 5.32 Å². The molecule has 1 unspecified atom stereocenters. The van der Waals surface area contributed by atoms with Crippen molar-refractivity contribution in [1.29, 1.82) is 0 Å². The van der Waals surface area contributed by atoms with Crippen molar-refractivity contribution >= 4 is 11.9 Å². The lowest BCUT2D eigenvalue weighted by atomic mass is 9.96. The van der Waals surface area contributed by atoms with E-state index in [1.165, 1.54) is 12.1 Å². The van der Waals surface area contributed by atoms with Crippen LogP contribution in [0.5, 0.6) is 5.75 Å². The van der Waals surface area contributed by atoms with Gasteiger partial charge in [-0.05, 0) is 30.0 Å². The summed E-state index contributed by atoms with van der Waals surface area (Å²) in [5.41, 5.74) is 6.63. The van der Waals surface area contributed by atoms with Gasteiger partial charge in [0.05, 0.1) is 12.0 Å². The zero-order valence-corrected chi connectivity index (χ0v) is 12.2. The maximum Gasteiger partial charge on any atom is 0.308 e. The molecule has 0 saturated carbocycles. The summed E-state index contributed by atoms with van der Waals surface area (Å²) in [6.07, 6.45) is 0.325. The number of benzene rings is 1. The molecule has 0 radical (unpaired) electrons. The van der Waals surface area contributed by atoms with Crippen LogP contribution in [-0.2, 0) is 16.0 Å². The Morgan fingerprint density at radius 1 is 1.24 bits per heavy atom. The minimum absolute atomic E-state index is 0.0646. The van der Waals surface area contributed by atoms with Gasteiger partial charge in [0.25, 0.3) is 0 Å². The predicted molar refractivity (Wildman–Crippen MR) is 78.8 cm³/mol. The standard InChI is InChI=1S/C15H22N2O4/c1-9(2)12(15(20)21)8-17-14(19)13(16)7-10-3-5-11(18)6-4-10/h3-6,9,12-13,18H,7-8,16H2,1-2H3,(H,17,19)(H,20,21)/t12?,13-/m1/s1. The molecule has 1 aromatic rings. The van der Waals surface area contributed by atoms with Crippen LogP contribution in [0.3, 0.4) is 0 Å².